The normalized spacial score (nSPS) is 32.8. The summed E-state index contributed by atoms with van der Waals surface area (Å²) in [5.74, 6) is 2.93. The van der Waals surface area contributed by atoms with Gasteiger partial charge < -0.3 is 10.2 Å². The Balaban J connectivity index is 0.00000180. The predicted octanol–water partition coefficient (Wildman–Crippen LogP) is 2.55. The number of carbonyl (C=O) groups is 1. The molecule has 3 nitrogen and oxygen atoms in total. The van der Waals surface area contributed by atoms with E-state index in [1.165, 1.54) is 12.8 Å². The van der Waals surface area contributed by atoms with Gasteiger partial charge in [-0.2, -0.15) is 0 Å². The van der Waals surface area contributed by atoms with Crippen molar-refractivity contribution in [3.8, 4) is 0 Å². The minimum Gasteiger partial charge on any atom is -0.342 e. The molecule has 1 N–H and O–H groups in total. The maximum absolute atomic E-state index is 12.3. The molecule has 0 aliphatic carbocycles. The van der Waals surface area contributed by atoms with Crippen LogP contribution in [0.25, 0.3) is 0 Å². The van der Waals surface area contributed by atoms with E-state index in [9.17, 15) is 4.79 Å². The van der Waals surface area contributed by atoms with E-state index >= 15 is 0 Å². The summed E-state index contributed by atoms with van der Waals surface area (Å²) in [6, 6.07) is 0. The predicted molar refractivity (Wildman–Crippen MR) is 81.5 cm³/mol. The Labute approximate surface area is 123 Å². The van der Waals surface area contributed by atoms with Gasteiger partial charge in [0.05, 0.1) is 0 Å². The van der Waals surface area contributed by atoms with Gasteiger partial charge in [0.25, 0.3) is 0 Å². The maximum atomic E-state index is 12.3. The summed E-state index contributed by atoms with van der Waals surface area (Å²) in [6.07, 6.45) is 3.29. The first kappa shape index (κ1) is 16.8. The molecule has 4 atom stereocenters. The molecule has 2 saturated heterocycles. The van der Waals surface area contributed by atoms with Gasteiger partial charge in [-0.15, -0.1) is 12.4 Å². The van der Waals surface area contributed by atoms with Gasteiger partial charge >= 0.3 is 0 Å². The van der Waals surface area contributed by atoms with Crippen molar-refractivity contribution >= 4 is 18.3 Å². The van der Waals surface area contributed by atoms with E-state index in [0.717, 1.165) is 32.6 Å². The minimum absolute atomic E-state index is 0. The number of piperidine rings is 1. The number of rotatable bonds is 3. The second kappa shape index (κ2) is 7.49. The van der Waals surface area contributed by atoms with E-state index in [1.807, 2.05) is 0 Å². The van der Waals surface area contributed by atoms with Gasteiger partial charge in [-0.3, -0.25) is 4.79 Å². The molecular weight excluding hydrogens is 260 g/mol. The van der Waals surface area contributed by atoms with Crippen LogP contribution in [-0.4, -0.2) is 37.0 Å². The van der Waals surface area contributed by atoms with Crippen LogP contribution in [0.15, 0.2) is 0 Å². The largest absolute Gasteiger partial charge is 0.342 e. The van der Waals surface area contributed by atoms with E-state index in [1.54, 1.807) is 0 Å². The van der Waals surface area contributed by atoms with Crippen LogP contribution in [0.2, 0.25) is 0 Å². The van der Waals surface area contributed by atoms with Gasteiger partial charge in [0, 0.05) is 19.5 Å². The van der Waals surface area contributed by atoms with Crippen molar-refractivity contribution in [1.29, 1.82) is 0 Å². The summed E-state index contributed by atoms with van der Waals surface area (Å²) < 4.78 is 0. The highest BCUT2D eigenvalue weighted by Gasteiger charge is 2.31. The first-order chi connectivity index (χ1) is 8.58. The number of hydrogen-bond acceptors (Lipinski definition) is 2. The van der Waals surface area contributed by atoms with Crippen molar-refractivity contribution in [2.24, 2.45) is 23.7 Å². The number of halogens is 1. The van der Waals surface area contributed by atoms with E-state index in [-0.39, 0.29) is 12.4 Å². The fraction of sp³-hybridized carbons (Fsp3) is 0.933. The Morgan fingerprint density at radius 1 is 1.32 bits per heavy atom. The fourth-order valence-electron chi connectivity index (χ4n) is 3.27. The monoisotopic (exact) mass is 288 g/mol. The first-order valence-electron chi connectivity index (χ1n) is 7.56. The molecule has 2 heterocycles. The molecule has 1 amide bonds. The van der Waals surface area contributed by atoms with Crippen molar-refractivity contribution in [3.63, 3.8) is 0 Å². The summed E-state index contributed by atoms with van der Waals surface area (Å²) in [5.41, 5.74) is 0. The van der Waals surface area contributed by atoms with Crippen LogP contribution in [0, 0.1) is 23.7 Å². The summed E-state index contributed by atoms with van der Waals surface area (Å²) >= 11 is 0. The Bertz CT molecular complexity index is 282. The van der Waals surface area contributed by atoms with Gasteiger partial charge in [-0.25, -0.2) is 0 Å². The number of nitrogens with zero attached hydrogens (tertiary/aromatic N) is 1. The van der Waals surface area contributed by atoms with Crippen LogP contribution in [0.4, 0.5) is 0 Å². The molecule has 2 aliphatic heterocycles. The highest BCUT2D eigenvalue weighted by atomic mass is 35.5. The van der Waals surface area contributed by atoms with Crippen molar-refractivity contribution < 1.29 is 4.79 Å². The van der Waals surface area contributed by atoms with Gasteiger partial charge in [-0.05, 0) is 49.6 Å². The van der Waals surface area contributed by atoms with Crippen LogP contribution < -0.4 is 5.32 Å². The zero-order chi connectivity index (χ0) is 13.1. The molecule has 0 saturated carbocycles. The quantitative estimate of drug-likeness (QED) is 0.866. The molecule has 0 aromatic rings. The number of likely N-dealkylation sites (tertiary alicyclic amines) is 1. The molecule has 2 fully saturated rings. The van der Waals surface area contributed by atoms with E-state index in [2.05, 4.69) is 31.0 Å². The molecule has 2 aliphatic rings. The highest BCUT2D eigenvalue weighted by Crippen LogP contribution is 2.26. The summed E-state index contributed by atoms with van der Waals surface area (Å²) in [5, 5.41) is 3.45. The van der Waals surface area contributed by atoms with Crippen LogP contribution >= 0.6 is 12.4 Å². The van der Waals surface area contributed by atoms with Crippen LogP contribution in [0.5, 0.6) is 0 Å². The maximum Gasteiger partial charge on any atom is 0.222 e. The Morgan fingerprint density at radius 3 is 2.47 bits per heavy atom. The number of carbonyl (C=O) groups excluding carboxylic acids is 1. The Kier molecular flexibility index (Phi) is 6.61. The third-order valence-electron chi connectivity index (χ3n) is 4.98. The first-order valence-corrected chi connectivity index (χ1v) is 7.56. The number of hydrogen-bond donors (Lipinski definition) is 1. The molecule has 0 bridgehead atoms. The zero-order valence-electron chi connectivity index (χ0n) is 12.5. The lowest BCUT2D eigenvalue weighted by atomic mass is 9.85. The van der Waals surface area contributed by atoms with Crippen LogP contribution in [0.1, 0.15) is 40.0 Å². The van der Waals surface area contributed by atoms with Gasteiger partial charge in [0.2, 0.25) is 5.91 Å². The Morgan fingerprint density at radius 2 is 1.95 bits per heavy atom. The fourth-order valence-corrected chi connectivity index (χ4v) is 3.27. The van der Waals surface area contributed by atoms with E-state index in [0.29, 0.717) is 29.6 Å². The molecular formula is C15H29ClN2O. The lowest BCUT2D eigenvalue weighted by molar-refractivity contribution is -0.131. The number of amides is 1. The van der Waals surface area contributed by atoms with Crippen LogP contribution in [0.3, 0.4) is 0 Å². The molecule has 19 heavy (non-hydrogen) atoms. The number of nitrogens with one attached hydrogen (secondary N) is 1. The average Bonchev–Trinajstić information content (AvgIpc) is 2.71. The van der Waals surface area contributed by atoms with Crippen molar-refractivity contribution in [1.82, 2.24) is 10.2 Å². The molecule has 2 rings (SSSR count). The lowest BCUT2D eigenvalue weighted by Gasteiger charge is -2.29. The van der Waals surface area contributed by atoms with Crippen molar-refractivity contribution in [2.45, 2.75) is 40.0 Å². The molecule has 0 spiro atoms. The van der Waals surface area contributed by atoms with Crippen molar-refractivity contribution in [3.05, 3.63) is 0 Å². The van der Waals surface area contributed by atoms with Crippen LogP contribution in [-0.2, 0) is 4.79 Å². The molecule has 0 aromatic heterocycles. The molecule has 4 unspecified atom stereocenters. The van der Waals surface area contributed by atoms with Gasteiger partial charge in [0.1, 0.15) is 0 Å². The van der Waals surface area contributed by atoms with E-state index in [4.69, 9.17) is 0 Å². The zero-order valence-corrected chi connectivity index (χ0v) is 13.3. The van der Waals surface area contributed by atoms with Gasteiger partial charge in [0.15, 0.2) is 0 Å². The van der Waals surface area contributed by atoms with Crippen molar-refractivity contribution in [2.75, 3.05) is 26.2 Å². The third-order valence-corrected chi connectivity index (χ3v) is 4.98. The molecule has 0 aromatic carbocycles. The second-order valence-electron chi connectivity index (χ2n) is 6.54. The molecule has 112 valence electrons. The lowest BCUT2D eigenvalue weighted by Crippen LogP contribution is -2.36. The summed E-state index contributed by atoms with van der Waals surface area (Å²) in [7, 11) is 0. The van der Waals surface area contributed by atoms with E-state index < -0.39 is 0 Å². The summed E-state index contributed by atoms with van der Waals surface area (Å²) in [4.78, 5) is 14.4. The standard InChI is InChI=1S/C15H28N2O.ClH/c1-11(14-5-4-6-16-8-14)7-15(18)17-9-12(2)13(3)10-17;/h11-14,16H,4-10H2,1-3H3;1H. The summed E-state index contributed by atoms with van der Waals surface area (Å²) in [6.45, 7) is 10.9. The highest BCUT2D eigenvalue weighted by molar-refractivity contribution is 5.85. The Hall–Kier alpha value is -0.280. The average molecular weight is 289 g/mol. The minimum atomic E-state index is 0. The molecule has 4 heteroatoms. The topological polar surface area (TPSA) is 32.3 Å². The van der Waals surface area contributed by atoms with Gasteiger partial charge in [-0.1, -0.05) is 20.8 Å². The third kappa shape index (κ3) is 4.35. The SMILES string of the molecule is CC1CN(C(=O)CC(C)C2CCCNC2)CC1C.Cl. The molecule has 0 radical (unpaired) electrons. The smallest absolute Gasteiger partial charge is 0.222 e. The second-order valence-corrected chi connectivity index (χ2v) is 6.54.